The second-order valence-electron chi connectivity index (χ2n) is 12.6. The molecule has 2 aromatic rings. The molecule has 3 aliphatic rings. The Kier molecular flexibility index (Phi) is 8.00. The van der Waals surface area contributed by atoms with Crippen LogP contribution in [0, 0.1) is 24.7 Å². The molecule has 2 heterocycles. The number of aromatic carboxylic acids is 1. The minimum absolute atomic E-state index is 0. The molecule has 0 bridgehead atoms. The molecule has 40 heavy (non-hydrogen) atoms. The van der Waals surface area contributed by atoms with Gasteiger partial charge in [0.2, 0.25) is 0 Å². The number of nitrogens with zero attached hydrogens (tertiary/aromatic N) is 1. The second kappa shape index (κ2) is 10.6. The molecular formula is C32H34NNaO6. The number of carbonyl (C=O) groups is 3. The summed E-state index contributed by atoms with van der Waals surface area (Å²) < 4.78 is 12.3. The Labute approximate surface area is 257 Å². The maximum Gasteiger partial charge on any atom is 1.00 e. The molecule has 0 fully saturated rings. The van der Waals surface area contributed by atoms with Crippen molar-refractivity contribution in [2.75, 3.05) is 7.11 Å². The second-order valence-corrected chi connectivity index (χ2v) is 12.6. The van der Waals surface area contributed by atoms with E-state index in [1.165, 1.54) is 6.07 Å². The molecule has 1 aromatic carbocycles. The van der Waals surface area contributed by atoms with Gasteiger partial charge in [0.25, 0.3) is 0 Å². The average Bonchev–Trinajstić information content (AvgIpc) is 2.80. The molecule has 204 valence electrons. The smallest absolute Gasteiger partial charge is 0.543 e. The van der Waals surface area contributed by atoms with Crippen LogP contribution in [-0.4, -0.2) is 29.6 Å². The van der Waals surface area contributed by atoms with Crippen molar-refractivity contribution in [2.24, 2.45) is 10.8 Å². The van der Waals surface area contributed by atoms with Crippen LogP contribution in [0.4, 0.5) is 0 Å². The summed E-state index contributed by atoms with van der Waals surface area (Å²) >= 11 is 0. The molecule has 1 aliphatic heterocycles. The predicted octanol–water partition coefficient (Wildman–Crippen LogP) is 2.14. The van der Waals surface area contributed by atoms with E-state index >= 15 is 0 Å². The van der Waals surface area contributed by atoms with Crippen LogP contribution in [0.5, 0.6) is 5.75 Å². The number of allylic oxidation sites excluding steroid dienone is 4. The largest absolute Gasteiger partial charge is 1.00 e. The van der Waals surface area contributed by atoms with Crippen molar-refractivity contribution in [1.82, 2.24) is 4.98 Å². The van der Waals surface area contributed by atoms with Crippen LogP contribution in [-0.2, 0) is 14.3 Å². The van der Waals surface area contributed by atoms with Gasteiger partial charge in [-0.1, -0.05) is 27.7 Å². The van der Waals surface area contributed by atoms with E-state index in [1.54, 1.807) is 20.1 Å². The van der Waals surface area contributed by atoms with Gasteiger partial charge in [-0.05, 0) is 60.1 Å². The summed E-state index contributed by atoms with van der Waals surface area (Å²) in [7, 11) is 1.57. The topological polar surface area (TPSA) is 106 Å². The van der Waals surface area contributed by atoms with E-state index in [2.05, 4.69) is 32.7 Å². The standard InChI is InChI=1S/C32H35NO6.Na/c1-16-10-19(33-20(11-16)30(36)37)18-8-9-23(38-7)26(17(18)2)29-27-21(34)12-31(3,4)14-24(27)39-25-15-32(5,6)13-22(35)28(25)29;/h8-11,29H,12-15H2,1-7H3,(H,36,37);/q;+1/p-1. The minimum atomic E-state index is -1.36. The van der Waals surface area contributed by atoms with Gasteiger partial charge in [0.15, 0.2) is 11.6 Å². The summed E-state index contributed by atoms with van der Waals surface area (Å²) in [6.07, 6.45) is 1.88. The molecule has 7 nitrogen and oxygen atoms in total. The van der Waals surface area contributed by atoms with E-state index in [0.29, 0.717) is 70.9 Å². The number of carboxylic acid groups (broad SMARTS) is 1. The zero-order chi connectivity index (χ0) is 28.4. The molecule has 1 aromatic heterocycles. The van der Waals surface area contributed by atoms with E-state index in [4.69, 9.17) is 9.47 Å². The molecule has 8 heteroatoms. The molecule has 0 spiro atoms. The van der Waals surface area contributed by atoms with Crippen molar-refractivity contribution in [1.29, 1.82) is 0 Å². The molecule has 0 saturated carbocycles. The summed E-state index contributed by atoms with van der Waals surface area (Å²) in [6, 6.07) is 6.91. The first kappa shape index (κ1) is 30.2. The normalized spacial score (nSPS) is 19.9. The van der Waals surface area contributed by atoms with E-state index in [0.717, 1.165) is 11.1 Å². The molecule has 5 rings (SSSR count). The van der Waals surface area contributed by atoms with Gasteiger partial charge in [0, 0.05) is 48.0 Å². The zero-order valence-electron chi connectivity index (χ0n) is 24.6. The molecule has 0 atom stereocenters. The molecule has 0 unspecified atom stereocenters. The Bertz CT molecular complexity index is 1460. The fourth-order valence-corrected chi connectivity index (χ4v) is 6.39. The number of ketones is 2. The number of methoxy groups -OCH3 is 1. The SMILES string of the molecule is COc1ccc(-c2cc(C)cc(C(=O)[O-])n2)c(C)c1C1C2=C(CC(C)(C)CC2=O)OC2=C1C(=O)CC(C)(C)C2.[Na+]. The monoisotopic (exact) mass is 551 g/mol. The number of carboxylic acids is 1. The number of aromatic nitrogens is 1. The first-order valence-electron chi connectivity index (χ1n) is 13.3. The van der Waals surface area contributed by atoms with Gasteiger partial charge in [-0.3, -0.25) is 9.59 Å². The van der Waals surface area contributed by atoms with Crippen LogP contribution in [0.15, 0.2) is 46.9 Å². The van der Waals surface area contributed by atoms with Gasteiger partial charge in [-0.25, -0.2) is 4.98 Å². The maximum absolute atomic E-state index is 13.8. The molecule has 0 amide bonds. The quantitative estimate of drug-likeness (QED) is 0.536. The fourth-order valence-electron chi connectivity index (χ4n) is 6.39. The first-order valence-corrected chi connectivity index (χ1v) is 13.3. The number of hydrogen-bond donors (Lipinski definition) is 0. The van der Waals surface area contributed by atoms with E-state index in [-0.39, 0.29) is 57.6 Å². The van der Waals surface area contributed by atoms with Crippen molar-refractivity contribution in [3.63, 3.8) is 0 Å². The van der Waals surface area contributed by atoms with Crippen LogP contribution in [0.1, 0.15) is 86.5 Å². The van der Waals surface area contributed by atoms with E-state index < -0.39 is 11.9 Å². The number of carbonyl (C=O) groups excluding carboxylic acids is 3. The number of rotatable bonds is 4. The molecular weight excluding hydrogens is 517 g/mol. The van der Waals surface area contributed by atoms with Gasteiger partial charge in [0.05, 0.1) is 30.4 Å². The first-order chi connectivity index (χ1) is 18.2. The Morgan fingerprint density at radius 1 is 0.950 bits per heavy atom. The number of benzene rings is 1. The maximum atomic E-state index is 13.8. The summed E-state index contributed by atoms with van der Waals surface area (Å²) in [5.74, 6) is -0.256. The Morgan fingerprint density at radius 2 is 1.50 bits per heavy atom. The van der Waals surface area contributed by atoms with Crippen molar-refractivity contribution >= 4 is 17.5 Å². The van der Waals surface area contributed by atoms with Gasteiger partial charge < -0.3 is 19.4 Å². The summed E-state index contributed by atoms with van der Waals surface area (Å²) in [5.41, 5.74) is 3.72. The van der Waals surface area contributed by atoms with Crippen LogP contribution >= 0.6 is 0 Å². The Morgan fingerprint density at radius 3 is 2.00 bits per heavy atom. The van der Waals surface area contributed by atoms with Gasteiger partial charge in [-0.2, -0.15) is 0 Å². The zero-order valence-corrected chi connectivity index (χ0v) is 26.6. The summed E-state index contributed by atoms with van der Waals surface area (Å²) in [6.45, 7) is 11.9. The van der Waals surface area contributed by atoms with Crippen molar-refractivity contribution in [3.8, 4) is 17.0 Å². The third kappa shape index (κ3) is 5.31. The number of Topliss-reactive ketones (excluding diaryl/α,β-unsaturated/α-hetero) is 2. The van der Waals surface area contributed by atoms with E-state index in [9.17, 15) is 19.5 Å². The van der Waals surface area contributed by atoms with Crippen LogP contribution in [0.3, 0.4) is 0 Å². The van der Waals surface area contributed by atoms with E-state index in [1.807, 2.05) is 19.1 Å². The number of pyridine rings is 1. The molecule has 0 N–H and O–H groups in total. The average molecular weight is 552 g/mol. The van der Waals surface area contributed by atoms with Crippen LogP contribution in [0.2, 0.25) is 0 Å². The predicted molar refractivity (Wildman–Crippen MR) is 144 cm³/mol. The minimum Gasteiger partial charge on any atom is -0.543 e. The number of hydrogen-bond acceptors (Lipinski definition) is 7. The summed E-state index contributed by atoms with van der Waals surface area (Å²) in [4.78, 5) is 43.5. The fraction of sp³-hybridized carbons (Fsp3) is 0.438. The number of aryl methyl sites for hydroxylation is 1. The van der Waals surface area contributed by atoms with Gasteiger partial charge >= 0.3 is 29.6 Å². The Hall–Kier alpha value is -2.74. The third-order valence-electron chi connectivity index (χ3n) is 8.02. The van der Waals surface area contributed by atoms with Crippen molar-refractivity contribution in [3.05, 3.63) is 69.3 Å². The molecule has 0 radical (unpaired) electrons. The number of ether oxygens (including phenoxy) is 2. The van der Waals surface area contributed by atoms with Crippen LogP contribution < -0.4 is 39.4 Å². The Balaban J connectivity index is 0.00000370. The van der Waals surface area contributed by atoms with Gasteiger partial charge in [-0.15, -0.1) is 0 Å². The summed E-state index contributed by atoms with van der Waals surface area (Å²) in [5, 5.41) is 11.6. The van der Waals surface area contributed by atoms with Crippen molar-refractivity contribution < 1.29 is 58.5 Å². The van der Waals surface area contributed by atoms with Crippen LogP contribution in [0.25, 0.3) is 11.3 Å². The van der Waals surface area contributed by atoms with Crippen molar-refractivity contribution in [2.45, 2.75) is 73.1 Å². The third-order valence-corrected chi connectivity index (χ3v) is 8.02. The molecule has 2 aliphatic carbocycles. The molecule has 0 saturated heterocycles. The van der Waals surface area contributed by atoms with Gasteiger partial charge in [0.1, 0.15) is 17.3 Å².